The lowest BCUT2D eigenvalue weighted by Crippen LogP contribution is -2.39. The number of sulfonamides is 1. The van der Waals surface area contributed by atoms with Gasteiger partial charge in [0.2, 0.25) is 0 Å². The number of aryl methyl sites for hydroxylation is 1. The summed E-state index contributed by atoms with van der Waals surface area (Å²) in [4.78, 5) is 12.6. The summed E-state index contributed by atoms with van der Waals surface area (Å²) in [7, 11) is -2.64. The first-order valence-corrected chi connectivity index (χ1v) is 11.6. The maximum atomic E-state index is 13.3. The monoisotopic (exact) mass is 487 g/mol. The van der Waals surface area contributed by atoms with Gasteiger partial charge >= 0.3 is 0 Å². The van der Waals surface area contributed by atoms with E-state index in [1.807, 2.05) is 6.92 Å². The van der Waals surface area contributed by atoms with Crippen molar-refractivity contribution < 1.29 is 23.1 Å². The van der Waals surface area contributed by atoms with Crippen LogP contribution in [0.5, 0.6) is 11.5 Å². The minimum Gasteiger partial charge on any atom is -0.504 e. The normalized spacial score (nSPS) is 11.4. The average Bonchev–Trinajstić information content (AvgIpc) is 2.79. The molecule has 0 unspecified atom stereocenters. The third kappa shape index (κ3) is 5.82. The molecular formula is C23H22ClN3O5S. The van der Waals surface area contributed by atoms with Crippen LogP contribution < -0.4 is 14.5 Å². The number of para-hydroxylation sites is 1. The lowest BCUT2D eigenvalue weighted by molar-refractivity contribution is -0.119. The Morgan fingerprint density at radius 2 is 1.79 bits per heavy atom. The molecule has 8 nitrogen and oxygen atoms in total. The quantitative estimate of drug-likeness (QED) is 0.372. The standard InChI is InChI=1S/C23H22ClN3O5S/c1-16-6-12-20(13-7-16)33(30,31)27(19-10-8-18(24)9-11-19)15-22(28)26-25-14-17-4-3-5-21(32-2)23(17)29/h3-14,29H,15H2,1-2H3,(H,26,28)/b25-14-. The van der Waals surface area contributed by atoms with Crippen LogP contribution in [0.1, 0.15) is 11.1 Å². The Balaban J connectivity index is 1.84. The largest absolute Gasteiger partial charge is 0.504 e. The van der Waals surface area contributed by atoms with Crippen LogP contribution in [-0.4, -0.2) is 39.3 Å². The smallest absolute Gasteiger partial charge is 0.264 e. The number of carbonyl (C=O) groups is 1. The van der Waals surface area contributed by atoms with Gasteiger partial charge in [0.05, 0.1) is 23.9 Å². The van der Waals surface area contributed by atoms with Gasteiger partial charge in [-0.3, -0.25) is 9.10 Å². The first-order chi connectivity index (χ1) is 15.7. The van der Waals surface area contributed by atoms with E-state index in [1.54, 1.807) is 30.3 Å². The Morgan fingerprint density at radius 3 is 2.42 bits per heavy atom. The molecule has 3 rings (SSSR count). The van der Waals surface area contributed by atoms with Gasteiger partial charge in [0, 0.05) is 10.6 Å². The summed E-state index contributed by atoms with van der Waals surface area (Å²) in [5.74, 6) is -0.564. The third-order valence-electron chi connectivity index (χ3n) is 4.65. The molecule has 1 amide bonds. The molecule has 33 heavy (non-hydrogen) atoms. The second kappa shape index (κ2) is 10.4. The SMILES string of the molecule is COc1cccc(/C=N\NC(=O)CN(c2ccc(Cl)cc2)S(=O)(=O)c2ccc(C)cc2)c1O. The summed E-state index contributed by atoms with van der Waals surface area (Å²) in [6.45, 7) is 1.32. The lowest BCUT2D eigenvalue weighted by atomic mass is 10.2. The number of hydrogen-bond donors (Lipinski definition) is 2. The van der Waals surface area contributed by atoms with Crippen molar-refractivity contribution in [2.75, 3.05) is 18.0 Å². The van der Waals surface area contributed by atoms with Crippen LogP contribution in [0.3, 0.4) is 0 Å². The first kappa shape index (κ1) is 24.1. The molecule has 0 spiro atoms. The highest BCUT2D eigenvalue weighted by Gasteiger charge is 2.27. The summed E-state index contributed by atoms with van der Waals surface area (Å²) >= 11 is 5.94. The Morgan fingerprint density at radius 1 is 1.12 bits per heavy atom. The second-order valence-electron chi connectivity index (χ2n) is 6.99. The van der Waals surface area contributed by atoms with E-state index in [4.69, 9.17) is 16.3 Å². The van der Waals surface area contributed by atoms with Gasteiger partial charge < -0.3 is 9.84 Å². The van der Waals surface area contributed by atoms with Crippen molar-refractivity contribution in [2.45, 2.75) is 11.8 Å². The van der Waals surface area contributed by atoms with Crippen molar-refractivity contribution in [2.24, 2.45) is 5.10 Å². The Hall–Kier alpha value is -3.56. The number of ether oxygens (including phenoxy) is 1. The number of aromatic hydroxyl groups is 1. The number of hydrogen-bond acceptors (Lipinski definition) is 6. The van der Waals surface area contributed by atoms with Gasteiger partial charge in [0.1, 0.15) is 6.54 Å². The predicted octanol–water partition coefficient (Wildman–Crippen LogP) is 3.71. The van der Waals surface area contributed by atoms with Crippen LogP contribution in [0.25, 0.3) is 0 Å². The maximum absolute atomic E-state index is 13.3. The minimum absolute atomic E-state index is 0.0423. The zero-order chi connectivity index (χ0) is 24.0. The van der Waals surface area contributed by atoms with Crippen molar-refractivity contribution in [3.8, 4) is 11.5 Å². The van der Waals surface area contributed by atoms with Gasteiger partial charge in [-0.1, -0.05) is 35.4 Å². The number of phenolic OH excluding ortho intramolecular Hbond substituents is 1. The maximum Gasteiger partial charge on any atom is 0.264 e. The zero-order valence-corrected chi connectivity index (χ0v) is 19.5. The van der Waals surface area contributed by atoms with Crippen LogP contribution in [0, 0.1) is 6.92 Å². The van der Waals surface area contributed by atoms with Crippen LogP contribution >= 0.6 is 11.6 Å². The van der Waals surface area contributed by atoms with Crippen molar-refractivity contribution in [3.63, 3.8) is 0 Å². The van der Waals surface area contributed by atoms with Crippen LogP contribution in [0.4, 0.5) is 5.69 Å². The number of phenols is 1. The number of rotatable bonds is 8. The minimum atomic E-state index is -4.05. The molecule has 0 aromatic heterocycles. The van der Waals surface area contributed by atoms with Gasteiger partial charge in [-0.05, 0) is 55.5 Å². The van der Waals surface area contributed by atoms with Gasteiger partial charge in [-0.2, -0.15) is 5.10 Å². The van der Waals surface area contributed by atoms with Gasteiger partial charge in [-0.15, -0.1) is 0 Å². The molecule has 0 aliphatic rings. The van der Waals surface area contributed by atoms with E-state index in [-0.39, 0.29) is 22.1 Å². The molecule has 0 saturated carbocycles. The molecule has 0 heterocycles. The molecule has 3 aromatic rings. The van der Waals surface area contributed by atoms with E-state index in [9.17, 15) is 18.3 Å². The molecular weight excluding hydrogens is 466 g/mol. The Kier molecular flexibility index (Phi) is 7.57. The molecule has 0 bridgehead atoms. The molecule has 0 saturated heterocycles. The average molecular weight is 488 g/mol. The number of amides is 1. The number of benzene rings is 3. The fraction of sp³-hybridized carbons (Fsp3) is 0.130. The highest BCUT2D eigenvalue weighted by molar-refractivity contribution is 7.92. The van der Waals surface area contributed by atoms with E-state index >= 15 is 0 Å². The van der Waals surface area contributed by atoms with Gasteiger partial charge in [0.25, 0.3) is 15.9 Å². The fourth-order valence-electron chi connectivity index (χ4n) is 2.91. The zero-order valence-electron chi connectivity index (χ0n) is 17.9. The van der Waals surface area contributed by atoms with E-state index in [0.717, 1.165) is 9.87 Å². The van der Waals surface area contributed by atoms with E-state index in [1.165, 1.54) is 49.7 Å². The third-order valence-corrected chi connectivity index (χ3v) is 6.69. The summed E-state index contributed by atoms with van der Waals surface area (Å²) in [6, 6.07) is 17.2. The Bertz CT molecular complexity index is 1260. The van der Waals surface area contributed by atoms with Crippen molar-refractivity contribution in [3.05, 3.63) is 82.9 Å². The number of hydrazone groups is 1. The molecule has 172 valence electrons. The fourth-order valence-corrected chi connectivity index (χ4v) is 4.45. The molecule has 3 aromatic carbocycles. The molecule has 2 N–H and O–H groups in total. The Labute approximate surface area is 197 Å². The predicted molar refractivity (Wildman–Crippen MR) is 128 cm³/mol. The molecule has 0 fully saturated rings. The topological polar surface area (TPSA) is 108 Å². The van der Waals surface area contributed by atoms with Gasteiger partial charge in [-0.25, -0.2) is 13.8 Å². The summed E-state index contributed by atoms with van der Waals surface area (Å²) in [5, 5.41) is 14.3. The molecule has 0 aliphatic heterocycles. The van der Waals surface area contributed by atoms with Crippen LogP contribution in [0.2, 0.25) is 5.02 Å². The second-order valence-corrected chi connectivity index (χ2v) is 9.29. The van der Waals surface area contributed by atoms with Crippen LogP contribution in [0.15, 0.2) is 76.7 Å². The summed E-state index contributed by atoms with van der Waals surface area (Å²) in [6.07, 6.45) is 1.23. The first-order valence-electron chi connectivity index (χ1n) is 9.75. The summed E-state index contributed by atoms with van der Waals surface area (Å²) < 4.78 is 32.6. The number of nitrogens with zero attached hydrogens (tertiary/aromatic N) is 2. The number of nitrogens with one attached hydrogen (secondary N) is 1. The van der Waals surface area contributed by atoms with Crippen molar-refractivity contribution in [1.29, 1.82) is 0 Å². The van der Waals surface area contributed by atoms with E-state index < -0.39 is 22.5 Å². The molecule has 0 aliphatic carbocycles. The molecule has 0 radical (unpaired) electrons. The number of methoxy groups -OCH3 is 1. The highest BCUT2D eigenvalue weighted by Crippen LogP contribution is 2.28. The molecule has 10 heteroatoms. The lowest BCUT2D eigenvalue weighted by Gasteiger charge is -2.23. The van der Waals surface area contributed by atoms with Crippen molar-refractivity contribution in [1.82, 2.24) is 5.43 Å². The highest BCUT2D eigenvalue weighted by atomic mass is 35.5. The van der Waals surface area contributed by atoms with E-state index in [2.05, 4.69) is 10.5 Å². The van der Waals surface area contributed by atoms with Crippen LogP contribution in [-0.2, 0) is 14.8 Å². The van der Waals surface area contributed by atoms with Gasteiger partial charge in [0.15, 0.2) is 11.5 Å². The number of carbonyl (C=O) groups excluding carboxylic acids is 1. The number of halogens is 1. The number of anilines is 1. The van der Waals surface area contributed by atoms with E-state index in [0.29, 0.717) is 10.6 Å². The molecule has 0 atom stereocenters. The van der Waals surface area contributed by atoms with Crippen molar-refractivity contribution >= 4 is 39.4 Å². The summed E-state index contributed by atoms with van der Waals surface area (Å²) in [5.41, 5.74) is 3.77.